The third-order valence-electron chi connectivity index (χ3n) is 2.19. The van der Waals surface area contributed by atoms with Gasteiger partial charge in [0.25, 0.3) is 0 Å². The van der Waals surface area contributed by atoms with Crippen molar-refractivity contribution in [2.75, 3.05) is 0 Å². The number of nitrogens with zero attached hydrogens (tertiary/aromatic N) is 3. The van der Waals surface area contributed by atoms with Crippen molar-refractivity contribution < 1.29 is 23.1 Å². The van der Waals surface area contributed by atoms with E-state index in [9.17, 15) is 18.0 Å². The predicted octanol–water partition coefficient (Wildman–Crippen LogP) is 1.98. The number of alkyl halides is 3. The van der Waals surface area contributed by atoms with Gasteiger partial charge in [-0.25, -0.2) is 14.8 Å². The number of pyridine rings is 1. The fourth-order valence-corrected chi connectivity index (χ4v) is 1.39. The van der Waals surface area contributed by atoms with Gasteiger partial charge in [0.2, 0.25) is 0 Å². The van der Waals surface area contributed by atoms with Crippen LogP contribution in [0.5, 0.6) is 0 Å². The Balaban J connectivity index is 2.60. The molecule has 8 heteroatoms. The molecular weight excluding hydrogens is 251 g/mol. The van der Waals surface area contributed by atoms with Crippen molar-refractivity contribution in [3.63, 3.8) is 0 Å². The second-order valence-electron chi connectivity index (χ2n) is 3.36. The van der Waals surface area contributed by atoms with Crippen LogP contribution in [0.4, 0.5) is 13.2 Å². The van der Waals surface area contributed by atoms with Crippen molar-refractivity contribution in [3.8, 4) is 5.82 Å². The Hall–Kier alpha value is -2.38. The first kappa shape index (κ1) is 12.1. The molecule has 1 N–H and O–H groups in total. The summed E-state index contributed by atoms with van der Waals surface area (Å²) in [6, 6.07) is 0.672. The van der Waals surface area contributed by atoms with Gasteiger partial charge in [-0.1, -0.05) is 0 Å². The van der Waals surface area contributed by atoms with Gasteiger partial charge in [0.15, 0.2) is 0 Å². The third-order valence-corrected chi connectivity index (χ3v) is 2.19. The number of rotatable bonds is 2. The van der Waals surface area contributed by atoms with Crippen LogP contribution in [0, 0.1) is 0 Å². The Labute approximate surface area is 98.5 Å². The fourth-order valence-electron chi connectivity index (χ4n) is 1.39. The van der Waals surface area contributed by atoms with Crippen molar-refractivity contribution in [2.24, 2.45) is 0 Å². The highest BCUT2D eigenvalue weighted by atomic mass is 19.4. The molecule has 2 rings (SSSR count). The van der Waals surface area contributed by atoms with Gasteiger partial charge in [0, 0.05) is 18.6 Å². The number of halogens is 3. The standard InChI is InChI=1S/C10H6F3N3O2/c11-10(12,13)7-3-8(16-2-1-14-5-16)15-4-6(7)9(17)18/h1-5H,(H,17,18). The van der Waals surface area contributed by atoms with Gasteiger partial charge in [-0.05, 0) is 6.07 Å². The molecule has 94 valence electrons. The van der Waals surface area contributed by atoms with Crippen molar-refractivity contribution in [3.05, 3.63) is 42.1 Å². The summed E-state index contributed by atoms with van der Waals surface area (Å²) >= 11 is 0. The minimum atomic E-state index is -4.76. The van der Waals surface area contributed by atoms with E-state index in [1.165, 1.54) is 23.3 Å². The van der Waals surface area contributed by atoms with E-state index >= 15 is 0 Å². The number of hydrogen-bond donors (Lipinski definition) is 1. The maximum atomic E-state index is 12.7. The molecule has 0 aliphatic heterocycles. The molecule has 0 saturated heterocycles. The summed E-state index contributed by atoms with van der Waals surface area (Å²) in [4.78, 5) is 18.0. The van der Waals surface area contributed by atoms with Gasteiger partial charge < -0.3 is 5.11 Å². The second-order valence-corrected chi connectivity index (χ2v) is 3.36. The molecule has 0 bridgehead atoms. The van der Waals surface area contributed by atoms with Crippen molar-refractivity contribution in [1.82, 2.24) is 14.5 Å². The molecule has 0 saturated carbocycles. The Morgan fingerprint density at radius 1 is 1.39 bits per heavy atom. The number of imidazole rings is 1. The van der Waals surface area contributed by atoms with E-state index in [1.54, 1.807) is 0 Å². The average molecular weight is 257 g/mol. The van der Waals surface area contributed by atoms with Crippen LogP contribution in [0.2, 0.25) is 0 Å². The summed E-state index contributed by atoms with van der Waals surface area (Å²) in [5.41, 5.74) is -2.12. The van der Waals surface area contributed by atoms with Gasteiger partial charge in [0.05, 0.1) is 11.1 Å². The van der Waals surface area contributed by atoms with Crippen LogP contribution in [0.3, 0.4) is 0 Å². The van der Waals surface area contributed by atoms with E-state index in [0.29, 0.717) is 12.3 Å². The van der Waals surface area contributed by atoms with Crippen LogP contribution < -0.4 is 0 Å². The third kappa shape index (κ3) is 2.17. The lowest BCUT2D eigenvalue weighted by Crippen LogP contribution is -2.14. The largest absolute Gasteiger partial charge is 0.478 e. The average Bonchev–Trinajstić information content (AvgIpc) is 2.80. The van der Waals surface area contributed by atoms with E-state index in [0.717, 1.165) is 0 Å². The molecule has 0 aliphatic rings. The number of carbonyl (C=O) groups is 1. The highest BCUT2D eigenvalue weighted by molar-refractivity contribution is 5.89. The minimum absolute atomic E-state index is 0.0511. The topological polar surface area (TPSA) is 68.0 Å². The first-order chi connectivity index (χ1) is 8.39. The molecule has 0 aliphatic carbocycles. The van der Waals surface area contributed by atoms with Crippen LogP contribution in [0.1, 0.15) is 15.9 Å². The molecule has 2 aromatic rings. The van der Waals surface area contributed by atoms with Crippen molar-refractivity contribution >= 4 is 5.97 Å². The number of aromatic carboxylic acids is 1. The zero-order chi connectivity index (χ0) is 13.3. The zero-order valence-electron chi connectivity index (χ0n) is 8.72. The smallest absolute Gasteiger partial charge is 0.417 e. The molecule has 2 heterocycles. The Morgan fingerprint density at radius 3 is 2.61 bits per heavy atom. The lowest BCUT2D eigenvalue weighted by molar-refractivity contribution is -0.138. The molecule has 0 radical (unpaired) electrons. The van der Waals surface area contributed by atoms with Gasteiger partial charge in [-0.2, -0.15) is 13.2 Å². The number of carboxylic acid groups (broad SMARTS) is 1. The molecule has 0 unspecified atom stereocenters. The van der Waals surface area contributed by atoms with Crippen molar-refractivity contribution in [1.29, 1.82) is 0 Å². The van der Waals surface area contributed by atoms with E-state index in [2.05, 4.69) is 9.97 Å². The van der Waals surface area contributed by atoms with Crippen LogP contribution in [-0.4, -0.2) is 25.6 Å². The monoisotopic (exact) mass is 257 g/mol. The highest BCUT2D eigenvalue weighted by Gasteiger charge is 2.36. The lowest BCUT2D eigenvalue weighted by atomic mass is 10.1. The Kier molecular flexibility index (Phi) is 2.77. The fraction of sp³-hybridized carbons (Fsp3) is 0.100. The van der Waals surface area contributed by atoms with Crippen LogP contribution in [0.15, 0.2) is 31.0 Å². The van der Waals surface area contributed by atoms with Gasteiger partial charge in [0.1, 0.15) is 12.1 Å². The van der Waals surface area contributed by atoms with Crippen LogP contribution in [-0.2, 0) is 6.18 Å². The Bertz CT molecular complexity index is 579. The molecule has 0 amide bonds. The van der Waals surface area contributed by atoms with E-state index in [4.69, 9.17) is 5.11 Å². The molecule has 5 nitrogen and oxygen atoms in total. The number of carboxylic acids is 1. The highest BCUT2D eigenvalue weighted by Crippen LogP contribution is 2.32. The number of hydrogen-bond acceptors (Lipinski definition) is 3. The lowest BCUT2D eigenvalue weighted by Gasteiger charge is -2.11. The first-order valence-electron chi connectivity index (χ1n) is 4.68. The van der Waals surface area contributed by atoms with E-state index in [1.807, 2.05) is 0 Å². The van der Waals surface area contributed by atoms with Gasteiger partial charge >= 0.3 is 12.1 Å². The summed E-state index contributed by atoms with van der Waals surface area (Å²) in [5, 5.41) is 8.69. The van der Waals surface area contributed by atoms with E-state index < -0.39 is 23.3 Å². The molecule has 0 fully saturated rings. The summed E-state index contributed by atoms with van der Waals surface area (Å²) in [5.74, 6) is -1.73. The minimum Gasteiger partial charge on any atom is -0.478 e. The Morgan fingerprint density at radius 2 is 2.11 bits per heavy atom. The van der Waals surface area contributed by atoms with Gasteiger partial charge in [-0.3, -0.25) is 4.57 Å². The molecule has 0 aromatic carbocycles. The molecular formula is C10H6F3N3O2. The summed E-state index contributed by atoms with van der Waals surface area (Å²) < 4.78 is 39.4. The molecule has 0 atom stereocenters. The van der Waals surface area contributed by atoms with E-state index in [-0.39, 0.29) is 5.82 Å². The normalized spacial score (nSPS) is 11.5. The summed E-state index contributed by atoms with van der Waals surface area (Å²) in [6.07, 6.45) is -0.0294. The van der Waals surface area contributed by atoms with Gasteiger partial charge in [-0.15, -0.1) is 0 Å². The van der Waals surface area contributed by atoms with Crippen LogP contribution >= 0.6 is 0 Å². The van der Waals surface area contributed by atoms with Crippen molar-refractivity contribution in [2.45, 2.75) is 6.18 Å². The quantitative estimate of drug-likeness (QED) is 0.893. The maximum absolute atomic E-state index is 12.7. The summed E-state index contributed by atoms with van der Waals surface area (Å²) in [7, 11) is 0. The zero-order valence-corrected chi connectivity index (χ0v) is 8.72. The maximum Gasteiger partial charge on any atom is 0.417 e. The first-order valence-corrected chi connectivity index (χ1v) is 4.68. The predicted molar refractivity (Wildman–Crippen MR) is 53.3 cm³/mol. The number of aromatic nitrogens is 3. The SMILES string of the molecule is O=C(O)c1cnc(-n2ccnc2)cc1C(F)(F)F. The summed E-state index contributed by atoms with van der Waals surface area (Å²) in [6.45, 7) is 0. The second kappa shape index (κ2) is 4.13. The molecule has 18 heavy (non-hydrogen) atoms. The molecule has 0 spiro atoms. The molecule has 2 aromatic heterocycles. The van der Waals surface area contributed by atoms with Crippen LogP contribution in [0.25, 0.3) is 5.82 Å².